The molecule has 2 aliphatic rings. The highest BCUT2D eigenvalue weighted by Crippen LogP contribution is 2.65. The summed E-state index contributed by atoms with van der Waals surface area (Å²) < 4.78 is 0. The van der Waals surface area contributed by atoms with Gasteiger partial charge in [0.2, 0.25) is 0 Å². The second kappa shape index (κ2) is 2.24. The Balaban J connectivity index is 2.38. The van der Waals surface area contributed by atoms with E-state index in [1.807, 2.05) is 0 Å². The van der Waals surface area contributed by atoms with Gasteiger partial charge in [0.25, 0.3) is 0 Å². The van der Waals surface area contributed by atoms with Crippen molar-refractivity contribution in [2.24, 2.45) is 16.7 Å². The molecule has 4 atom stereocenters. The smallest absolute Gasteiger partial charge is 0.0602 e. The molecule has 0 aromatic heterocycles. The van der Waals surface area contributed by atoms with Gasteiger partial charge in [-0.05, 0) is 25.2 Å². The van der Waals surface area contributed by atoms with Gasteiger partial charge in [-0.25, -0.2) is 0 Å². The molecule has 0 heterocycles. The zero-order valence-corrected chi connectivity index (χ0v) is 7.88. The van der Waals surface area contributed by atoms with E-state index in [4.69, 9.17) is 0 Å². The lowest BCUT2D eigenvalue weighted by molar-refractivity contribution is -0.0213. The molecule has 2 bridgehead atoms. The van der Waals surface area contributed by atoms with Crippen LogP contribution in [-0.4, -0.2) is 22.9 Å². The van der Waals surface area contributed by atoms with Gasteiger partial charge in [-0.2, -0.15) is 0 Å². The number of aliphatic hydroxyl groups is 2. The summed E-state index contributed by atoms with van der Waals surface area (Å²) in [5.74, 6) is 0.544. The van der Waals surface area contributed by atoms with E-state index in [9.17, 15) is 10.2 Å². The Morgan fingerprint density at radius 3 is 2.33 bits per heavy atom. The third kappa shape index (κ3) is 0.686. The van der Waals surface area contributed by atoms with Crippen molar-refractivity contribution in [3.8, 4) is 0 Å². The Bertz CT molecular complexity index is 202. The van der Waals surface area contributed by atoms with Crippen LogP contribution in [0.5, 0.6) is 0 Å². The van der Waals surface area contributed by atoms with Gasteiger partial charge in [-0.1, -0.05) is 13.8 Å². The van der Waals surface area contributed by atoms with E-state index in [1.54, 1.807) is 0 Å². The highest BCUT2D eigenvalue weighted by atomic mass is 16.3. The highest BCUT2D eigenvalue weighted by molar-refractivity contribution is 5.12. The van der Waals surface area contributed by atoms with Gasteiger partial charge in [-0.3, -0.25) is 0 Å². The van der Waals surface area contributed by atoms with Crippen LogP contribution >= 0.6 is 0 Å². The molecule has 12 heavy (non-hydrogen) atoms. The average Bonchev–Trinajstić information content (AvgIpc) is 2.39. The minimum absolute atomic E-state index is 0.0214. The molecule has 2 N–H and O–H groups in total. The number of hydrogen-bond acceptors (Lipinski definition) is 2. The van der Waals surface area contributed by atoms with Crippen LogP contribution in [0.25, 0.3) is 0 Å². The minimum Gasteiger partial charge on any atom is -0.396 e. The first-order chi connectivity index (χ1) is 5.54. The summed E-state index contributed by atoms with van der Waals surface area (Å²) >= 11 is 0. The van der Waals surface area contributed by atoms with Crippen molar-refractivity contribution in [2.75, 3.05) is 6.61 Å². The van der Waals surface area contributed by atoms with Crippen molar-refractivity contribution in [1.82, 2.24) is 0 Å². The summed E-state index contributed by atoms with van der Waals surface area (Å²) in [7, 11) is 0. The van der Waals surface area contributed by atoms with Gasteiger partial charge in [0, 0.05) is 17.4 Å². The maximum absolute atomic E-state index is 9.83. The molecule has 0 aromatic rings. The standard InChI is InChI=1S/C10H18O2/c1-9-4-3-7(5-8(9)12)10(9,2)6-11/h7-8,11-12H,3-6H2,1-2H3/t7-,8+,9+,10-/m0/s1. The van der Waals surface area contributed by atoms with E-state index in [0.29, 0.717) is 5.92 Å². The van der Waals surface area contributed by atoms with E-state index in [1.165, 1.54) is 6.42 Å². The number of hydrogen-bond donors (Lipinski definition) is 2. The monoisotopic (exact) mass is 170 g/mol. The van der Waals surface area contributed by atoms with Gasteiger partial charge in [0.15, 0.2) is 0 Å². The van der Waals surface area contributed by atoms with Gasteiger partial charge in [0.1, 0.15) is 0 Å². The van der Waals surface area contributed by atoms with Crippen molar-refractivity contribution in [1.29, 1.82) is 0 Å². The number of aliphatic hydroxyl groups excluding tert-OH is 2. The Morgan fingerprint density at radius 1 is 1.42 bits per heavy atom. The first-order valence-corrected chi connectivity index (χ1v) is 4.83. The second-order valence-corrected chi connectivity index (χ2v) is 4.98. The third-order valence-corrected chi connectivity index (χ3v) is 4.79. The predicted molar refractivity (Wildman–Crippen MR) is 46.6 cm³/mol. The second-order valence-electron chi connectivity index (χ2n) is 4.98. The molecule has 2 rings (SSSR count). The first kappa shape index (κ1) is 8.52. The molecular weight excluding hydrogens is 152 g/mol. The lowest BCUT2D eigenvalue weighted by Gasteiger charge is -2.38. The van der Waals surface area contributed by atoms with Crippen molar-refractivity contribution in [3.63, 3.8) is 0 Å². The van der Waals surface area contributed by atoms with Crippen LogP contribution in [0.1, 0.15) is 33.1 Å². The summed E-state index contributed by atoms with van der Waals surface area (Å²) in [6, 6.07) is 0. The van der Waals surface area contributed by atoms with Crippen LogP contribution in [0.4, 0.5) is 0 Å². The summed E-state index contributed by atoms with van der Waals surface area (Å²) in [6.07, 6.45) is 2.97. The van der Waals surface area contributed by atoms with Crippen molar-refractivity contribution >= 4 is 0 Å². The molecule has 2 heteroatoms. The zero-order valence-electron chi connectivity index (χ0n) is 7.88. The Hall–Kier alpha value is -0.0800. The van der Waals surface area contributed by atoms with Gasteiger partial charge in [-0.15, -0.1) is 0 Å². The van der Waals surface area contributed by atoms with E-state index in [-0.39, 0.29) is 23.5 Å². The molecule has 2 aliphatic carbocycles. The normalized spacial score (nSPS) is 58.0. The van der Waals surface area contributed by atoms with Gasteiger partial charge < -0.3 is 10.2 Å². The molecule has 0 aliphatic heterocycles. The molecule has 0 spiro atoms. The van der Waals surface area contributed by atoms with Crippen LogP contribution in [-0.2, 0) is 0 Å². The van der Waals surface area contributed by atoms with Crippen LogP contribution in [0.2, 0.25) is 0 Å². The van der Waals surface area contributed by atoms with Gasteiger partial charge >= 0.3 is 0 Å². The quantitative estimate of drug-likeness (QED) is 0.620. The number of rotatable bonds is 1. The lowest BCUT2D eigenvalue weighted by atomic mass is 9.69. The van der Waals surface area contributed by atoms with Gasteiger partial charge in [0.05, 0.1) is 6.10 Å². The predicted octanol–water partition coefficient (Wildman–Crippen LogP) is 1.17. The largest absolute Gasteiger partial charge is 0.396 e. The fraction of sp³-hybridized carbons (Fsp3) is 1.00. The Morgan fingerprint density at radius 2 is 2.08 bits per heavy atom. The molecule has 0 radical (unpaired) electrons. The molecule has 2 nitrogen and oxygen atoms in total. The van der Waals surface area contributed by atoms with Crippen molar-refractivity contribution in [2.45, 2.75) is 39.2 Å². The average molecular weight is 170 g/mol. The highest BCUT2D eigenvalue weighted by Gasteiger charge is 2.63. The third-order valence-electron chi connectivity index (χ3n) is 4.79. The molecule has 2 saturated carbocycles. The molecule has 0 unspecified atom stereocenters. The Labute approximate surface area is 73.6 Å². The maximum Gasteiger partial charge on any atom is 0.0602 e. The summed E-state index contributed by atoms with van der Waals surface area (Å²) in [4.78, 5) is 0. The fourth-order valence-electron chi connectivity index (χ4n) is 3.31. The summed E-state index contributed by atoms with van der Waals surface area (Å²) in [5.41, 5.74) is -0.0428. The van der Waals surface area contributed by atoms with Crippen molar-refractivity contribution < 1.29 is 10.2 Å². The maximum atomic E-state index is 9.83. The first-order valence-electron chi connectivity index (χ1n) is 4.83. The Kier molecular flexibility index (Phi) is 1.59. The molecule has 2 fully saturated rings. The fourth-order valence-corrected chi connectivity index (χ4v) is 3.31. The SMILES string of the molecule is C[C@]1(CO)[C@H]2CC[C@]1(C)[C@H](O)C2. The minimum atomic E-state index is -0.187. The molecule has 70 valence electrons. The van der Waals surface area contributed by atoms with Crippen molar-refractivity contribution in [3.05, 3.63) is 0 Å². The molecule has 0 amide bonds. The molecule has 0 saturated heterocycles. The molecule has 0 aromatic carbocycles. The van der Waals surface area contributed by atoms with Crippen LogP contribution in [0.15, 0.2) is 0 Å². The van der Waals surface area contributed by atoms with Crippen LogP contribution in [0.3, 0.4) is 0 Å². The van der Waals surface area contributed by atoms with E-state index >= 15 is 0 Å². The zero-order chi connectivity index (χ0) is 8.98. The van der Waals surface area contributed by atoms with Crippen LogP contribution < -0.4 is 0 Å². The number of fused-ring (bicyclic) bond motifs is 2. The van der Waals surface area contributed by atoms with E-state index in [0.717, 1.165) is 12.8 Å². The topological polar surface area (TPSA) is 40.5 Å². The van der Waals surface area contributed by atoms with E-state index in [2.05, 4.69) is 13.8 Å². The molecular formula is C10H18O2. The lowest BCUT2D eigenvalue weighted by Crippen LogP contribution is -2.39. The summed E-state index contributed by atoms with van der Waals surface area (Å²) in [6.45, 7) is 4.48. The van der Waals surface area contributed by atoms with E-state index < -0.39 is 0 Å². The summed E-state index contributed by atoms with van der Waals surface area (Å²) in [5, 5.41) is 19.2. The van der Waals surface area contributed by atoms with Crippen LogP contribution in [0, 0.1) is 16.7 Å².